The molecule has 0 aromatic heterocycles. The molecule has 0 spiro atoms. The summed E-state index contributed by atoms with van der Waals surface area (Å²) in [6.07, 6.45) is -0.237. The van der Waals surface area contributed by atoms with E-state index in [1.54, 1.807) is 24.3 Å². The van der Waals surface area contributed by atoms with E-state index in [1.807, 2.05) is 13.8 Å². The summed E-state index contributed by atoms with van der Waals surface area (Å²) in [4.78, 5) is 25.9. The van der Waals surface area contributed by atoms with Crippen molar-refractivity contribution in [1.82, 2.24) is 0 Å². The van der Waals surface area contributed by atoms with Crippen LogP contribution in [0.4, 0.5) is 0 Å². The fourth-order valence-electron chi connectivity index (χ4n) is 4.30. The monoisotopic (exact) mass is 336 g/mol. The molecule has 2 aromatic carbocycles. The summed E-state index contributed by atoms with van der Waals surface area (Å²) in [5.41, 5.74) is 2.69. The Labute approximate surface area is 144 Å². The van der Waals surface area contributed by atoms with Gasteiger partial charge in [-0.05, 0) is 25.5 Å². The van der Waals surface area contributed by atoms with Gasteiger partial charge in [-0.2, -0.15) is 0 Å². The van der Waals surface area contributed by atoms with E-state index < -0.39 is 11.9 Å². The SMILES string of the molecule is CC1(C)O[C@@H]2Cc3c4c(cc(O)c3[C@@H]2O1)C(=O)c1ccccc1C4=O. The van der Waals surface area contributed by atoms with Gasteiger partial charge in [0.1, 0.15) is 11.9 Å². The fourth-order valence-corrected chi connectivity index (χ4v) is 4.30. The van der Waals surface area contributed by atoms with Crippen LogP contribution >= 0.6 is 0 Å². The molecule has 0 amide bonds. The van der Waals surface area contributed by atoms with Crippen LogP contribution in [0.15, 0.2) is 30.3 Å². The Hall–Kier alpha value is -2.50. The van der Waals surface area contributed by atoms with Crippen molar-refractivity contribution in [3.05, 3.63) is 63.7 Å². The normalized spacial score (nSPS) is 25.4. The van der Waals surface area contributed by atoms with Crippen molar-refractivity contribution in [3.63, 3.8) is 0 Å². The van der Waals surface area contributed by atoms with Gasteiger partial charge in [0.2, 0.25) is 0 Å². The van der Waals surface area contributed by atoms with Crippen LogP contribution in [0.2, 0.25) is 0 Å². The highest BCUT2D eigenvalue weighted by molar-refractivity contribution is 6.29. The zero-order chi connectivity index (χ0) is 17.5. The predicted octanol–water partition coefficient (Wildman–Crippen LogP) is 2.92. The van der Waals surface area contributed by atoms with Crippen molar-refractivity contribution >= 4 is 11.6 Å². The highest BCUT2D eigenvalue weighted by Gasteiger charge is 2.50. The summed E-state index contributed by atoms with van der Waals surface area (Å²) in [5, 5.41) is 10.6. The van der Waals surface area contributed by atoms with Gasteiger partial charge in [-0.1, -0.05) is 24.3 Å². The summed E-state index contributed by atoms with van der Waals surface area (Å²) < 4.78 is 11.8. The largest absolute Gasteiger partial charge is 0.508 e. The lowest BCUT2D eigenvalue weighted by atomic mass is 9.80. The van der Waals surface area contributed by atoms with Crippen molar-refractivity contribution in [2.45, 2.75) is 38.3 Å². The molecule has 1 fully saturated rings. The molecule has 0 saturated carbocycles. The van der Waals surface area contributed by atoms with Crippen LogP contribution in [-0.2, 0) is 15.9 Å². The molecule has 5 nitrogen and oxygen atoms in total. The number of ketones is 2. The maximum absolute atomic E-state index is 13.1. The van der Waals surface area contributed by atoms with Gasteiger partial charge in [0.15, 0.2) is 17.4 Å². The summed E-state index contributed by atoms with van der Waals surface area (Å²) >= 11 is 0. The number of hydrogen-bond acceptors (Lipinski definition) is 5. The highest BCUT2D eigenvalue weighted by atomic mass is 16.8. The van der Waals surface area contributed by atoms with E-state index in [1.165, 1.54) is 6.07 Å². The molecule has 0 bridgehead atoms. The van der Waals surface area contributed by atoms with Crippen LogP contribution < -0.4 is 0 Å². The van der Waals surface area contributed by atoms with Gasteiger partial charge in [0, 0.05) is 34.2 Å². The van der Waals surface area contributed by atoms with Crippen LogP contribution in [0.1, 0.15) is 62.9 Å². The molecule has 1 aliphatic heterocycles. The molecular weight excluding hydrogens is 320 g/mol. The number of benzene rings is 2. The zero-order valence-electron chi connectivity index (χ0n) is 13.8. The van der Waals surface area contributed by atoms with Crippen molar-refractivity contribution in [1.29, 1.82) is 0 Å². The molecule has 126 valence electrons. The standard InChI is InChI=1S/C20H16O5/c1-20(2)24-14-8-11-15-12(7-13(21)16(11)19(14)25-20)17(22)9-5-3-4-6-10(9)18(15)23/h3-7,14,19,21H,8H2,1-2H3/t14-,19-/m1/s1. The summed E-state index contributed by atoms with van der Waals surface area (Å²) in [6.45, 7) is 3.65. The molecule has 2 aromatic rings. The molecule has 3 aliphatic rings. The van der Waals surface area contributed by atoms with E-state index in [-0.39, 0.29) is 29.0 Å². The third-order valence-corrected chi connectivity index (χ3v) is 5.21. The molecule has 1 heterocycles. The molecule has 25 heavy (non-hydrogen) atoms. The second-order valence-electron chi connectivity index (χ2n) is 7.21. The van der Waals surface area contributed by atoms with Crippen molar-refractivity contribution in [2.24, 2.45) is 0 Å². The topological polar surface area (TPSA) is 72.8 Å². The van der Waals surface area contributed by atoms with Gasteiger partial charge in [-0.25, -0.2) is 0 Å². The molecular formula is C20H16O5. The summed E-state index contributed by atoms with van der Waals surface area (Å²) in [6, 6.07) is 8.20. The molecule has 5 rings (SSSR count). The number of phenolic OH excluding ortho intramolecular Hbond substituents is 1. The van der Waals surface area contributed by atoms with E-state index in [0.29, 0.717) is 34.2 Å². The molecule has 1 N–H and O–H groups in total. The Balaban J connectivity index is 1.74. The molecule has 1 saturated heterocycles. The number of rotatable bonds is 0. The summed E-state index contributed by atoms with van der Waals surface area (Å²) in [7, 11) is 0. The van der Waals surface area contributed by atoms with Gasteiger partial charge >= 0.3 is 0 Å². The lowest BCUT2D eigenvalue weighted by Crippen LogP contribution is -2.25. The second kappa shape index (κ2) is 4.56. The van der Waals surface area contributed by atoms with Crippen LogP contribution in [0.25, 0.3) is 0 Å². The van der Waals surface area contributed by atoms with E-state index in [2.05, 4.69) is 0 Å². The highest BCUT2D eigenvalue weighted by Crippen LogP contribution is 2.51. The number of fused-ring (bicyclic) bond motifs is 6. The van der Waals surface area contributed by atoms with E-state index in [9.17, 15) is 14.7 Å². The first kappa shape index (κ1) is 14.8. The Bertz CT molecular complexity index is 972. The molecule has 5 heteroatoms. The number of ether oxygens (including phenoxy) is 2. The third kappa shape index (κ3) is 1.85. The minimum absolute atomic E-state index is 0.0110. The Kier molecular flexibility index (Phi) is 2.70. The smallest absolute Gasteiger partial charge is 0.194 e. The first-order chi connectivity index (χ1) is 11.9. The Morgan fingerprint density at radius 3 is 2.44 bits per heavy atom. The molecule has 2 aliphatic carbocycles. The first-order valence-corrected chi connectivity index (χ1v) is 8.30. The van der Waals surface area contributed by atoms with Crippen molar-refractivity contribution in [2.75, 3.05) is 0 Å². The summed E-state index contributed by atoms with van der Waals surface area (Å²) in [5.74, 6) is -1.16. The molecule has 0 radical (unpaired) electrons. The van der Waals surface area contributed by atoms with E-state index >= 15 is 0 Å². The van der Waals surface area contributed by atoms with Crippen molar-refractivity contribution < 1.29 is 24.2 Å². The van der Waals surface area contributed by atoms with Gasteiger partial charge in [0.05, 0.1) is 6.10 Å². The maximum atomic E-state index is 13.1. The number of aromatic hydroxyl groups is 1. The van der Waals surface area contributed by atoms with Crippen LogP contribution in [0, 0.1) is 0 Å². The third-order valence-electron chi connectivity index (χ3n) is 5.21. The minimum Gasteiger partial charge on any atom is -0.508 e. The second-order valence-corrected chi connectivity index (χ2v) is 7.21. The number of carbonyl (C=O) groups is 2. The number of hydrogen-bond donors (Lipinski definition) is 1. The predicted molar refractivity (Wildman–Crippen MR) is 87.9 cm³/mol. The molecule has 2 atom stereocenters. The first-order valence-electron chi connectivity index (χ1n) is 8.30. The maximum Gasteiger partial charge on any atom is 0.194 e. The number of carbonyl (C=O) groups excluding carboxylic acids is 2. The average Bonchev–Trinajstić information content (AvgIpc) is 3.04. The van der Waals surface area contributed by atoms with Gasteiger partial charge in [0.25, 0.3) is 0 Å². The quantitative estimate of drug-likeness (QED) is 0.683. The number of phenols is 1. The minimum atomic E-state index is -0.734. The zero-order valence-corrected chi connectivity index (χ0v) is 13.8. The van der Waals surface area contributed by atoms with Gasteiger partial charge < -0.3 is 14.6 Å². The fraction of sp³-hybridized carbons (Fsp3) is 0.300. The van der Waals surface area contributed by atoms with E-state index in [0.717, 1.165) is 0 Å². The van der Waals surface area contributed by atoms with Crippen LogP contribution in [0.5, 0.6) is 5.75 Å². The average molecular weight is 336 g/mol. The Morgan fingerprint density at radius 1 is 1.04 bits per heavy atom. The lowest BCUT2D eigenvalue weighted by Gasteiger charge is -2.23. The van der Waals surface area contributed by atoms with Gasteiger partial charge in [-0.15, -0.1) is 0 Å². The van der Waals surface area contributed by atoms with Gasteiger partial charge in [-0.3, -0.25) is 9.59 Å². The van der Waals surface area contributed by atoms with Crippen LogP contribution in [-0.4, -0.2) is 28.6 Å². The van der Waals surface area contributed by atoms with E-state index in [4.69, 9.17) is 9.47 Å². The van der Waals surface area contributed by atoms with Crippen LogP contribution in [0.3, 0.4) is 0 Å². The van der Waals surface area contributed by atoms with Crippen molar-refractivity contribution in [3.8, 4) is 5.75 Å². The molecule has 0 unspecified atom stereocenters. The lowest BCUT2D eigenvalue weighted by molar-refractivity contribution is -0.148. The Morgan fingerprint density at radius 2 is 1.72 bits per heavy atom.